The molecule has 3 atom stereocenters. The Morgan fingerprint density at radius 3 is 2.55 bits per heavy atom. The Morgan fingerprint density at radius 1 is 1.16 bits per heavy atom. The number of hydrogen-bond donors (Lipinski definition) is 0. The number of allylic oxidation sites excluding steroid dienone is 2. The zero-order valence-electron chi connectivity index (χ0n) is 19.8. The molecule has 3 heteroatoms. The number of ketones is 3. The Balaban J connectivity index is 1.79. The Hall–Kier alpha value is -2.03. The van der Waals surface area contributed by atoms with Crippen LogP contribution < -0.4 is 0 Å². The van der Waals surface area contributed by atoms with Gasteiger partial charge in [-0.25, -0.2) is 0 Å². The summed E-state index contributed by atoms with van der Waals surface area (Å²) in [5.74, 6) is 0.767. The van der Waals surface area contributed by atoms with E-state index in [1.807, 2.05) is 0 Å². The normalized spacial score (nSPS) is 20.2. The molecule has 0 aliphatic heterocycles. The van der Waals surface area contributed by atoms with Gasteiger partial charge in [0.25, 0.3) is 0 Å². The minimum Gasteiger partial charge on any atom is -0.300 e. The molecule has 1 aromatic rings. The van der Waals surface area contributed by atoms with Crippen molar-refractivity contribution in [3.05, 3.63) is 40.5 Å². The van der Waals surface area contributed by atoms with Crippen LogP contribution in [0, 0.1) is 24.7 Å². The molecule has 3 rings (SSSR count). The largest absolute Gasteiger partial charge is 0.300 e. The molecule has 3 nitrogen and oxygen atoms in total. The lowest BCUT2D eigenvalue weighted by Gasteiger charge is -2.32. The molecule has 0 N–H and O–H groups in total. The van der Waals surface area contributed by atoms with Gasteiger partial charge >= 0.3 is 0 Å². The van der Waals surface area contributed by atoms with Gasteiger partial charge in [0.2, 0.25) is 0 Å². The maximum Gasteiger partial charge on any atom is 0.163 e. The second-order valence-corrected chi connectivity index (χ2v) is 9.74. The van der Waals surface area contributed by atoms with Crippen molar-refractivity contribution in [3.8, 4) is 0 Å². The van der Waals surface area contributed by atoms with E-state index in [1.54, 1.807) is 0 Å². The van der Waals surface area contributed by atoms with Gasteiger partial charge in [-0.15, -0.1) is 0 Å². The van der Waals surface area contributed by atoms with E-state index in [4.69, 9.17) is 0 Å². The van der Waals surface area contributed by atoms with Crippen molar-refractivity contribution < 1.29 is 14.4 Å². The van der Waals surface area contributed by atoms with Crippen molar-refractivity contribution in [1.82, 2.24) is 0 Å². The Morgan fingerprint density at radius 2 is 1.94 bits per heavy atom. The second kappa shape index (κ2) is 10.5. The summed E-state index contributed by atoms with van der Waals surface area (Å²) in [6.45, 7) is 7.81. The number of carbonyl (C=O) groups excluding carboxylic acids is 3. The topological polar surface area (TPSA) is 51.2 Å². The standard InChI is InChI=1S/C28H38O3/c1-5-9-22(24(6-2)26(30)14-18(3)29)15-20-16-23-12-13-25(21-10-7-8-11-21)19(4)28(23)27(31)17-20/h10,12-13,20,22,24H,5-9,11,14-17H2,1-4H3. The van der Waals surface area contributed by atoms with Crippen LogP contribution in [-0.4, -0.2) is 17.3 Å². The van der Waals surface area contributed by atoms with Crippen LogP contribution >= 0.6 is 0 Å². The van der Waals surface area contributed by atoms with Gasteiger partial charge in [-0.3, -0.25) is 14.4 Å². The van der Waals surface area contributed by atoms with Gasteiger partial charge in [0.1, 0.15) is 11.6 Å². The summed E-state index contributed by atoms with van der Waals surface area (Å²) in [5, 5.41) is 0. The molecule has 0 spiro atoms. The highest BCUT2D eigenvalue weighted by Crippen LogP contribution is 2.39. The number of Topliss-reactive ketones (excluding diaryl/α,β-unsaturated/α-hetero) is 3. The van der Waals surface area contributed by atoms with Gasteiger partial charge in [-0.2, -0.15) is 0 Å². The van der Waals surface area contributed by atoms with E-state index in [-0.39, 0.29) is 41.5 Å². The van der Waals surface area contributed by atoms with Crippen LogP contribution in [0.25, 0.3) is 5.57 Å². The molecule has 0 saturated carbocycles. The summed E-state index contributed by atoms with van der Waals surface area (Å²) in [6.07, 6.45) is 11.0. The first-order valence-corrected chi connectivity index (χ1v) is 12.2. The molecule has 0 aromatic heterocycles. The lowest BCUT2D eigenvalue weighted by Crippen LogP contribution is -2.30. The molecule has 0 heterocycles. The maximum absolute atomic E-state index is 13.2. The summed E-state index contributed by atoms with van der Waals surface area (Å²) < 4.78 is 0. The molecule has 3 unspecified atom stereocenters. The highest BCUT2D eigenvalue weighted by Gasteiger charge is 2.33. The lowest BCUT2D eigenvalue weighted by atomic mass is 9.71. The van der Waals surface area contributed by atoms with Gasteiger partial charge in [-0.1, -0.05) is 44.9 Å². The zero-order valence-corrected chi connectivity index (χ0v) is 19.8. The van der Waals surface area contributed by atoms with Crippen LogP contribution in [0.1, 0.15) is 106 Å². The fourth-order valence-corrected chi connectivity index (χ4v) is 5.99. The summed E-state index contributed by atoms with van der Waals surface area (Å²) >= 11 is 0. The van der Waals surface area contributed by atoms with Crippen molar-refractivity contribution >= 4 is 22.9 Å². The molecule has 0 fully saturated rings. The highest BCUT2D eigenvalue weighted by atomic mass is 16.1. The first-order chi connectivity index (χ1) is 14.8. The van der Waals surface area contributed by atoms with Crippen LogP contribution in [-0.2, 0) is 16.0 Å². The Labute approximate surface area is 187 Å². The highest BCUT2D eigenvalue weighted by molar-refractivity contribution is 6.01. The summed E-state index contributed by atoms with van der Waals surface area (Å²) in [7, 11) is 0. The number of benzene rings is 1. The first-order valence-electron chi connectivity index (χ1n) is 12.2. The number of fused-ring (bicyclic) bond motifs is 1. The van der Waals surface area contributed by atoms with E-state index in [2.05, 4.69) is 39.0 Å². The average molecular weight is 423 g/mol. The first kappa shape index (κ1) is 23.6. The van der Waals surface area contributed by atoms with Crippen molar-refractivity contribution in [2.45, 2.75) is 91.9 Å². The molecule has 1 aromatic carbocycles. The van der Waals surface area contributed by atoms with Gasteiger partial charge in [0.05, 0.1) is 6.42 Å². The fourth-order valence-electron chi connectivity index (χ4n) is 5.99. The van der Waals surface area contributed by atoms with Gasteiger partial charge < -0.3 is 0 Å². The molecule has 2 aliphatic carbocycles. The lowest BCUT2D eigenvalue weighted by molar-refractivity contribution is -0.129. The molecule has 0 bridgehead atoms. The third kappa shape index (κ3) is 5.42. The van der Waals surface area contributed by atoms with Crippen molar-refractivity contribution in [1.29, 1.82) is 0 Å². The SMILES string of the molecule is CCCC(CC1CC(=O)c2c(ccc(C3=CCCC3)c2C)C1)C(CC)C(=O)CC(C)=O. The molecule has 168 valence electrons. The molecule has 2 aliphatic rings. The van der Waals surface area contributed by atoms with Crippen molar-refractivity contribution in [3.63, 3.8) is 0 Å². The predicted molar refractivity (Wildman–Crippen MR) is 126 cm³/mol. The molecule has 0 radical (unpaired) electrons. The van der Waals surface area contributed by atoms with E-state index in [9.17, 15) is 14.4 Å². The third-order valence-corrected chi connectivity index (χ3v) is 7.34. The van der Waals surface area contributed by atoms with Crippen molar-refractivity contribution in [2.75, 3.05) is 0 Å². The Kier molecular flexibility index (Phi) is 8.02. The average Bonchev–Trinajstić information content (AvgIpc) is 3.22. The molecule has 0 amide bonds. The van der Waals surface area contributed by atoms with E-state index < -0.39 is 0 Å². The summed E-state index contributed by atoms with van der Waals surface area (Å²) in [5.41, 5.74) is 5.94. The van der Waals surface area contributed by atoms with Crippen LogP contribution in [0.5, 0.6) is 0 Å². The molecular formula is C28H38O3. The fraction of sp³-hybridized carbons (Fsp3) is 0.607. The minimum absolute atomic E-state index is 0.0446. The maximum atomic E-state index is 13.2. The third-order valence-electron chi connectivity index (χ3n) is 7.34. The minimum atomic E-state index is -0.0706. The van der Waals surface area contributed by atoms with Crippen LogP contribution in [0.15, 0.2) is 18.2 Å². The monoisotopic (exact) mass is 422 g/mol. The number of hydrogen-bond acceptors (Lipinski definition) is 3. The van der Waals surface area contributed by atoms with Gasteiger partial charge in [0, 0.05) is 17.9 Å². The molecule has 31 heavy (non-hydrogen) atoms. The molecule has 0 saturated heterocycles. The Bertz CT molecular complexity index is 876. The van der Waals surface area contributed by atoms with Gasteiger partial charge in [-0.05, 0) is 86.5 Å². The van der Waals surface area contributed by atoms with Crippen LogP contribution in [0.4, 0.5) is 0 Å². The zero-order chi connectivity index (χ0) is 22.5. The van der Waals surface area contributed by atoms with E-state index >= 15 is 0 Å². The number of carbonyl (C=O) groups is 3. The van der Waals surface area contributed by atoms with E-state index in [0.717, 1.165) is 56.1 Å². The predicted octanol–water partition coefficient (Wildman–Crippen LogP) is 6.69. The van der Waals surface area contributed by atoms with Crippen LogP contribution in [0.2, 0.25) is 0 Å². The molecular weight excluding hydrogens is 384 g/mol. The second-order valence-electron chi connectivity index (χ2n) is 9.74. The number of rotatable bonds is 10. The smallest absolute Gasteiger partial charge is 0.163 e. The summed E-state index contributed by atoms with van der Waals surface area (Å²) in [4.78, 5) is 37.4. The van der Waals surface area contributed by atoms with Crippen LogP contribution in [0.3, 0.4) is 0 Å². The van der Waals surface area contributed by atoms with E-state index in [0.29, 0.717) is 6.42 Å². The quantitative estimate of drug-likeness (QED) is 0.395. The summed E-state index contributed by atoms with van der Waals surface area (Å²) in [6, 6.07) is 4.39. The van der Waals surface area contributed by atoms with Crippen molar-refractivity contribution in [2.24, 2.45) is 17.8 Å². The van der Waals surface area contributed by atoms with Gasteiger partial charge in [0.15, 0.2) is 5.78 Å². The van der Waals surface area contributed by atoms with E-state index in [1.165, 1.54) is 30.0 Å².